The molecule has 0 atom stereocenters. The van der Waals surface area contributed by atoms with Gasteiger partial charge in [-0.3, -0.25) is 4.79 Å². The van der Waals surface area contributed by atoms with Gasteiger partial charge in [-0.2, -0.15) is 0 Å². The van der Waals surface area contributed by atoms with Crippen molar-refractivity contribution in [2.45, 2.75) is 26.7 Å². The molecule has 0 N–H and O–H groups in total. The fourth-order valence-corrected chi connectivity index (χ4v) is 0.727. The maximum atomic E-state index is 12.0. The van der Waals surface area contributed by atoms with Crippen molar-refractivity contribution in [1.82, 2.24) is 0 Å². The number of hydrogen-bond acceptors (Lipinski definition) is 1. The van der Waals surface area contributed by atoms with E-state index in [9.17, 15) is 18.0 Å². The van der Waals surface area contributed by atoms with E-state index in [0.717, 1.165) is 18.2 Å². The molecule has 1 aromatic carbocycles. The van der Waals surface area contributed by atoms with E-state index in [1.807, 2.05) is 13.8 Å². The first-order valence-electron chi connectivity index (χ1n) is 4.64. The van der Waals surface area contributed by atoms with Crippen molar-refractivity contribution in [1.29, 1.82) is 0 Å². The van der Waals surface area contributed by atoms with Crippen LogP contribution >= 0.6 is 0 Å². The summed E-state index contributed by atoms with van der Waals surface area (Å²) in [4.78, 5) is 10.2. The first kappa shape index (κ1) is 13.7. The van der Waals surface area contributed by atoms with Gasteiger partial charge in [0.1, 0.15) is 5.78 Å². The molecule has 0 unspecified atom stereocenters. The van der Waals surface area contributed by atoms with E-state index in [0.29, 0.717) is 18.6 Å². The molecule has 1 nitrogen and oxygen atoms in total. The third kappa shape index (κ3) is 5.20. The largest absolute Gasteiger partial charge is 0.300 e. The Morgan fingerprint density at radius 1 is 1.07 bits per heavy atom. The number of benzene rings is 1. The maximum absolute atomic E-state index is 12.0. The maximum Gasteiger partial charge on any atom is 0.194 e. The molecule has 84 valence electrons. The second-order valence-corrected chi connectivity index (χ2v) is 2.78. The Morgan fingerprint density at radius 3 is 1.67 bits per heavy atom. The Balaban J connectivity index is 0.000000288. The van der Waals surface area contributed by atoms with E-state index in [2.05, 4.69) is 0 Å². The van der Waals surface area contributed by atoms with Crippen LogP contribution in [0.3, 0.4) is 0 Å². The van der Waals surface area contributed by atoms with Crippen LogP contribution in [0.4, 0.5) is 13.2 Å². The normalized spacial score (nSPS) is 9.13. The Bertz CT molecular complexity index is 297. The van der Waals surface area contributed by atoms with E-state index >= 15 is 0 Å². The second-order valence-electron chi connectivity index (χ2n) is 2.78. The zero-order valence-electron chi connectivity index (χ0n) is 8.69. The molecule has 0 radical (unpaired) electrons. The van der Waals surface area contributed by atoms with Crippen molar-refractivity contribution in [2.24, 2.45) is 0 Å². The lowest BCUT2D eigenvalue weighted by molar-refractivity contribution is -0.118. The predicted molar refractivity (Wildman–Crippen MR) is 51.9 cm³/mol. The van der Waals surface area contributed by atoms with Crippen molar-refractivity contribution in [3.63, 3.8) is 0 Å². The summed E-state index contributed by atoms with van der Waals surface area (Å²) in [6.45, 7) is 3.76. The molecule has 0 aromatic heterocycles. The molecule has 15 heavy (non-hydrogen) atoms. The summed E-state index contributed by atoms with van der Waals surface area (Å²) in [7, 11) is 0. The quantitative estimate of drug-likeness (QED) is 0.694. The summed E-state index contributed by atoms with van der Waals surface area (Å²) in [5, 5.41) is 0. The standard InChI is InChI=1S/C6H3F3.C5H10O/c7-4-2-1-3-5(8)6(4)9;1-3-5(6)4-2/h1-3H;3-4H2,1-2H3. The smallest absolute Gasteiger partial charge is 0.194 e. The number of rotatable bonds is 2. The topological polar surface area (TPSA) is 17.1 Å². The van der Waals surface area contributed by atoms with Gasteiger partial charge < -0.3 is 0 Å². The van der Waals surface area contributed by atoms with Crippen molar-refractivity contribution in [3.8, 4) is 0 Å². The van der Waals surface area contributed by atoms with E-state index in [-0.39, 0.29) is 0 Å². The molecule has 1 rings (SSSR count). The summed E-state index contributed by atoms with van der Waals surface area (Å²) in [5.41, 5.74) is 0. The molecule has 1 aromatic rings. The zero-order chi connectivity index (χ0) is 11.8. The minimum Gasteiger partial charge on any atom is -0.300 e. The fourth-order valence-electron chi connectivity index (χ4n) is 0.727. The molecule has 0 aliphatic carbocycles. The van der Waals surface area contributed by atoms with Gasteiger partial charge in [-0.05, 0) is 12.1 Å². The van der Waals surface area contributed by atoms with Gasteiger partial charge in [0.15, 0.2) is 17.5 Å². The Labute approximate surface area is 86.9 Å². The zero-order valence-corrected chi connectivity index (χ0v) is 8.69. The van der Waals surface area contributed by atoms with Crippen LogP contribution < -0.4 is 0 Å². The SMILES string of the molecule is CCC(=O)CC.Fc1cccc(F)c1F. The molecule has 0 spiro atoms. The molecule has 0 heterocycles. The number of ketones is 1. The molecule has 0 aliphatic heterocycles. The van der Waals surface area contributed by atoms with E-state index in [1.165, 1.54) is 0 Å². The van der Waals surface area contributed by atoms with Gasteiger partial charge in [0.25, 0.3) is 0 Å². The molecule has 0 saturated heterocycles. The predicted octanol–water partition coefficient (Wildman–Crippen LogP) is 3.48. The van der Waals surface area contributed by atoms with Gasteiger partial charge in [-0.15, -0.1) is 0 Å². The highest BCUT2D eigenvalue weighted by Crippen LogP contribution is 2.07. The van der Waals surface area contributed by atoms with E-state index < -0.39 is 17.5 Å². The lowest BCUT2D eigenvalue weighted by Crippen LogP contribution is -1.88. The van der Waals surface area contributed by atoms with Gasteiger partial charge in [-0.1, -0.05) is 19.9 Å². The van der Waals surface area contributed by atoms with Crippen LogP contribution in [0.25, 0.3) is 0 Å². The van der Waals surface area contributed by atoms with Crippen LogP contribution in [-0.2, 0) is 4.79 Å². The fraction of sp³-hybridized carbons (Fsp3) is 0.364. The molecular formula is C11H13F3O. The Hall–Kier alpha value is -1.32. The van der Waals surface area contributed by atoms with Crippen LogP contribution in [0.5, 0.6) is 0 Å². The highest BCUT2D eigenvalue weighted by Gasteiger charge is 2.04. The summed E-state index contributed by atoms with van der Waals surface area (Å²) < 4.78 is 35.9. The highest BCUT2D eigenvalue weighted by molar-refractivity contribution is 5.77. The summed E-state index contributed by atoms with van der Waals surface area (Å²) in [5.74, 6) is -3.39. The second kappa shape index (κ2) is 7.04. The van der Waals surface area contributed by atoms with E-state index in [1.54, 1.807) is 0 Å². The molecule has 0 bridgehead atoms. The van der Waals surface area contributed by atoms with Gasteiger partial charge in [0, 0.05) is 12.8 Å². The minimum atomic E-state index is -1.42. The number of halogens is 3. The van der Waals surface area contributed by atoms with Gasteiger partial charge in [0.2, 0.25) is 0 Å². The first-order chi connectivity index (χ1) is 7.02. The monoisotopic (exact) mass is 218 g/mol. The van der Waals surface area contributed by atoms with Crippen molar-refractivity contribution in [2.75, 3.05) is 0 Å². The number of carbonyl (C=O) groups is 1. The van der Waals surface area contributed by atoms with Crippen LogP contribution in [0.2, 0.25) is 0 Å². The molecule has 0 amide bonds. The van der Waals surface area contributed by atoms with Crippen molar-refractivity contribution in [3.05, 3.63) is 35.7 Å². The Morgan fingerprint density at radius 2 is 1.47 bits per heavy atom. The summed E-state index contributed by atoms with van der Waals surface area (Å²) in [6, 6.07) is 2.82. The third-order valence-electron chi connectivity index (χ3n) is 1.69. The van der Waals surface area contributed by atoms with Crippen LogP contribution in [0.15, 0.2) is 18.2 Å². The van der Waals surface area contributed by atoms with Gasteiger partial charge >= 0.3 is 0 Å². The number of Topliss-reactive ketones (excluding diaryl/α,β-unsaturated/α-hetero) is 1. The molecule has 0 saturated carbocycles. The number of carbonyl (C=O) groups excluding carboxylic acids is 1. The average molecular weight is 218 g/mol. The third-order valence-corrected chi connectivity index (χ3v) is 1.69. The molecule has 4 heteroatoms. The van der Waals surface area contributed by atoms with Gasteiger partial charge in [0.05, 0.1) is 0 Å². The van der Waals surface area contributed by atoms with Crippen molar-refractivity contribution >= 4 is 5.78 Å². The first-order valence-corrected chi connectivity index (χ1v) is 4.64. The number of hydrogen-bond donors (Lipinski definition) is 0. The van der Waals surface area contributed by atoms with Crippen LogP contribution in [0.1, 0.15) is 26.7 Å². The molecule has 0 fully saturated rings. The van der Waals surface area contributed by atoms with Gasteiger partial charge in [-0.25, -0.2) is 13.2 Å². The molecular weight excluding hydrogens is 205 g/mol. The minimum absolute atomic E-state index is 0.343. The molecule has 0 aliphatic rings. The van der Waals surface area contributed by atoms with Crippen LogP contribution in [0, 0.1) is 17.5 Å². The summed E-state index contributed by atoms with van der Waals surface area (Å²) in [6.07, 6.45) is 1.38. The highest BCUT2D eigenvalue weighted by atomic mass is 19.2. The lowest BCUT2D eigenvalue weighted by Gasteiger charge is -1.90. The van der Waals surface area contributed by atoms with Crippen LogP contribution in [-0.4, -0.2) is 5.78 Å². The lowest BCUT2D eigenvalue weighted by atomic mass is 10.3. The summed E-state index contributed by atoms with van der Waals surface area (Å²) >= 11 is 0. The van der Waals surface area contributed by atoms with Crippen molar-refractivity contribution < 1.29 is 18.0 Å². The average Bonchev–Trinajstić information content (AvgIpc) is 2.25. The van der Waals surface area contributed by atoms with E-state index in [4.69, 9.17) is 0 Å². The Kier molecular flexibility index (Phi) is 6.42.